The molecule has 29 heavy (non-hydrogen) atoms. The summed E-state index contributed by atoms with van der Waals surface area (Å²) in [6.45, 7) is 2.83. The molecule has 0 radical (unpaired) electrons. The summed E-state index contributed by atoms with van der Waals surface area (Å²) in [5, 5.41) is 5.17. The van der Waals surface area contributed by atoms with Crippen LogP contribution < -0.4 is 11.0 Å². The van der Waals surface area contributed by atoms with Crippen molar-refractivity contribution in [3.05, 3.63) is 46.1 Å². The maximum atomic E-state index is 12.7. The second-order valence-corrected chi connectivity index (χ2v) is 9.15. The van der Waals surface area contributed by atoms with E-state index in [1.807, 2.05) is 0 Å². The van der Waals surface area contributed by atoms with Gasteiger partial charge in [0.1, 0.15) is 0 Å². The van der Waals surface area contributed by atoms with Gasteiger partial charge in [-0.1, -0.05) is 12.1 Å². The highest BCUT2D eigenvalue weighted by Crippen LogP contribution is 2.25. The second-order valence-electron chi connectivity index (χ2n) is 6.65. The number of sulfone groups is 1. The number of hydrogen-bond donors (Lipinski definition) is 1. The third-order valence-electron chi connectivity index (χ3n) is 4.18. The topological polar surface area (TPSA) is 103 Å². The van der Waals surface area contributed by atoms with Gasteiger partial charge in [0.05, 0.1) is 23.1 Å². The smallest absolute Gasteiger partial charge is 0.354 e. The zero-order valence-corrected chi connectivity index (χ0v) is 16.8. The van der Waals surface area contributed by atoms with E-state index in [-0.39, 0.29) is 24.4 Å². The third kappa shape index (κ3) is 5.25. The van der Waals surface area contributed by atoms with Crippen LogP contribution in [0.25, 0.3) is 0 Å². The van der Waals surface area contributed by atoms with Crippen molar-refractivity contribution in [1.29, 1.82) is 0 Å². The van der Waals surface area contributed by atoms with Crippen LogP contribution in [-0.4, -0.2) is 40.5 Å². The van der Waals surface area contributed by atoms with Crippen LogP contribution >= 0.6 is 0 Å². The standard InChI is InChI=1S/C17H21F3N4O4S/c1-11(2)29(27,28)13-6-4-12(5-7-13)10-14(25)21-8-9-24-16(26)23(3)15(22-24)17(18,19)20/h4-7,11H,8-10H2,1-3H3,(H,21,25). The van der Waals surface area contributed by atoms with Crippen LogP contribution in [0.4, 0.5) is 13.2 Å². The van der Waals surface area contributed by atoms with Crippen molar-refractivity contribution in [2.24, 2.45) is 7.05 Å². The number of rotatable bonds is 7. The van der Waals surface area contributed by atoms with Crippen LogP contribution in [0.5, 0.6) is 0 Å². The minimum Gasteiger partial charge on any atom is -0.354 e. The molecule has 0 unspecified atom stereocenters. The molecule has 1 N–H and O–H groups in total. The first-order chi connectivity index (χ1) is 13.3. The molecule has 0 fully saturated rings. The molecule has 1 aromatic carbocycles. The highest BCUT2D eigenvalue weighted by atomic mass is 32.2. The average molecular weight is 434 g/mol. The van der Waals surface area contributed by atoms with E-state index in [4.69, 9.17) is 0 Å². The molecule has 1 aromatic heterocycles. The van der Waals surface area contributed by atoms with Gasteiger partial charge in [-0.05, 0) is 31.5 Å². The van der Waals surface area contributed by atoms with E-state index in [0.29, 0.717) is 14.8 Å². The molecule has 160 valence electrons. The molecule has 8 nitrogen and oxygen atoms in total. The average Bonchev–Trinajstić information content (AvgIpc) is 2.90. The van der Waals surface area contributed by atoms with Gasteiger partial charge in [0.25, 0.3) is 0 Å². The fourth-order valence-electron chi connectivity index (χ4n) is 2.50. The summed E-state index contributed by atoms with van der Waals surface area (Å²) in [4.78, 5) is 23.9. The molecule has 0 saturated heterocycles. The molecule has 0 aliphatic carbocycles. The van der Waals surface area contributed by atoms with Gasteiger partial charge in [-0.3, -0.25) is 9.36 Å². The van der Waals surface area contributed by atoms with E-state index >= 15 is 0 Å². The van der Waals surface area contributed by atoms with E-state index in [2.05, 4.69) is 10.4 Å². The largest absolute Gasteiger partial charge is 0.451 e. The van der Waals surface area contributed by atoms with E-state index < -0.39 is 38.7 Å². The molecule has 0 atom stereocenters. The van der Waals surface area contributed by atoms with E-state index in [1.165, 1.54) is 24.3 Å². The van der Waals surface area contributed by atoms with Gasteiger partial charge >= 0.3 is 11.9 Å². The van der Waals surface area contributed by atoms with Crippen molar-refractivity contribution >= 4 is 15.7 Å². The summed E-state index contributed by atoms with van der Waals surface area (Å²) in [5.41, 5.74) is -0.368. The minimum absolute atomic E-state index is 0.0487. The first-order valence-electron chi connectivity index (χ1n) is 8.64. The highest BCUT2D eigenvalue weighted by Gasteiger charge is 2.37. The van der Waals surface area contributed by atoms with E-state index in [1.54, 1.807) is 13.8 Å². The zero-order valence-electron chi connectivity index (χ0n) is 16.0. The predicted molar refractivity (Wildman–Crippen MR) is 97.9 cm³/mol. The summed E-state index contributed by atoms with van der Waals surface area (Å²) in [5.74, 6) is -1.74. The van der Waals surface area contributed by atoms with Crippen molar-refractivity contribution in [2.75, 3.05) is 6.54 Å². The van der Waals surface area contributed by atoms with Crippen molar-refractivity contribution in [3.63, 3.8) is 0 Å². The van der Waals surface area contributed by atoms with Gasteiger partial charge in [0.15, 0.2) is 9.84 Å². The fourth-order valence-corrected chi connectivity index (χ4v) is 3.56. The molecule has 12 heteroatoms. The number of halogens is 3. The normalized spacial score (nSPS) is 12.4. The Morgan fingerprint density at radius 2 is 1.79 bits per heavy atom. The maximum absolute atomic E-state index is 12.7. The molecule has 0 aliphatic heterocycles. The van der Waals surface area contributed by atoms with E-state index in [0.717, 1.165) is 7.05 Å². The Hall–Kier alpha value is -2.63. The third-order valence-corrected chi connectivity index (χ3v) is 6.35. The zero-order chi connectivity index (χ0) is 22.0. The summed E-state index contributed by atoms with van der Waals surface area (Å²) in [6.07, 6.45) is -4.80. The van der Waals surface area contributed by atoms with Crippen LogP contribution in [0.15, 0.2) is 34.0 Å². The van der Waals surface area contributed by atoms with E-state index in [9.17, 15) is 31.2 Å². The Kier molecular flexibility index (Phi) is 6.56. The van der Waals surface area contributed by atoms with Crippen LogP contribution in [0, 0.1) is 0 Å². The van der Waals surface area contributed by atoms with Crippen molar-refractivity contribution < 1.29 is 26.4 Å². The summed E-state index contributed by atoms with van der Waals surface area (Å²) in [7, 11) is -2.44. The van der Waals surface area contributed by atoms with Gasteiger partial charge in [-0.2, -0.15) is 13.2 Å². The lowest BCUT2D eigenvalue weighted by atomic mass is 10.1. The van der Waals surface area contributed by atoms with Gasteiger partial charge < -0.3 is 5.32 Å². The monoisotopic (exact) mass is 434 g/mol. The van der Waals surface area contributed by atoms with Crippen LogP contribution in [0.1, 0.15) is 25.2 Å². The highest BCUT2D eigenvalue weighted by molar-refractivity contribution is 7.92. The van der Waals surface area contributed by atoms with Crippen molar-refractivity contribution in [2.45, 2.75) is 43.1 Å². The molecule has 0 spiro atoms. The van der Waals surface area contributed by atoms with Gasteiger partial charge in [-0.25, -0.2) is 17.9 Å². The quantitative estimate of drug-likeness (QED) is 0.704. The van der Waals surface area contributed by atoms with Gasteiger partial charge in [-0.15, -0.1) is 5.10 Å². The lowest BCUT2D eigenvalue weighted by molar-refractivity contribution is -0.147. The van der Waals surface area contributed by atoms with Crippen molar-refractivity contribution in [3.8, 4) is 0 Å². The van der Waals surface area contributed by atoms with Crippen LogP contribution in [0.3, 0.4) is 0 Å². The number of benzene rings is 1. The Bertz CT molecular complexity index is 1040. The molecule has 1 heterocycles. The molecule has 1 amide bonds. The number of aromatic nitrogens is 3. The second kappa shape index (κ2) is 8.39. The summed E-state index contributed by atoms with van der Waals surface area (Å²) >= 11 is 0. The number of carbonyl (C=O) groups excluding carboxylic acids is 1. The maximum Gasteiger partial charge on any atom is 0.451 e. The molecule has 0 aliphatic rings. The molecule has 0 bridgehead atoms. The Labute approximate surface area is 165 Å². The number of carbonyl (C=O) groups is 1. The predicted octanol–water partition coefficient (Wildman–Crippen LogP) is 1.14. The lowest BCUT2D eigenvalue weighted by Gasteiger charge is -2.09. The minimum atomic E-state index is -4.75. The number of alkyl halides is 3. The Morgan fingerprint density at radius 1 is 1.21 bits per heavy atom. The SMILES string of the molecule is CC(C)S(=O)(=O)c1ccc(CC(=O)NCCn2nc(C(F)(F)F)n(C)c2=O)cc1. The molecule has 2 rings (SSSR count). The summed E-state index contributed by atoms with van der Waals surface area (Å²) < 4.78 is 63.4. The lowest BCUT2D eigenvalue weighted by Crippen LogP contribution is -2.32. The molecular formula is C17H21F3N4O4S. The van der Waals surface area contributed by atoms with Gasteiger partial charge in [0.2, 0.25) is 11.7 Å². The van der Waals surface area contributed by atoms with Crippen LogP contribution in [-0.2, 0) is 40.8 Å². The number of nitrogens with zero attached hydrogens (tertiary/aromatic N) is 3. The number of nitrogens with one attached hydrogen (secondary N) is 1. The first-order valence-corrected chi connectivity index (χ1v) is 10.2. The first kappa shape index (κ1) is 22.7. The van der Waals surface area contributed by atoms with Gasteiger partial charge in [0, 0.05) is 13.6 Å². The molecule has 2 aromatic rings. The van der Waals surface area contributed by atoms with Crippen molar-refractivity contribution in [1.82, 2.24) is 19.7 Å². The van der Waals surface area contributed by atoms with Crippen LogP contribution in [0.2, 0.25) is 0 Å². The number of hydrogen-bond acceptors (Lipinski definition) is 5. The Balaban J connectivity index is 1.94. The summed E-state index contributed by atoms with van der Waals surface area (Å²) in [6, 6.07) is 5.88. The Morgan fingerprint density at radius 3 is 2.28 bits per heavy atom. The number of amides is 1. The molecular weight excluding hydrogens is 413 g/mol. The molecule has 0 saturated carbocycles. The fraction of sp³-hybridized carbons (Fsp3) is 0.471.